The molecule has 22 heavy (non-hydrogen) atoms. The van der Waals surface area contributed by atoms with Gasteiger partial charge in [0.25, 0.3) is 5.91 Å². The van der Waals surface area contributed by atoms with Gasteiger partial charge in [0.1, 0.15) is 11.8 Å². The zero-order valence-corrected chi connectivity index (χ0v) is 13.1. The molecule has 1 heterocycles. The number of carbonyl (C=O) groups is 2. The van der Waals surface area contributed by atoms with E-state index in [0.717, 1.165) is 10.0 Å². The average molecular weight is 361 g/mol. The summed E-state index contributed by atoms with van der Waals surface area (Å²) >= 11 is 3.35. The Labute approximate surface area is 135 Å². The molecule has 0 aliphatic carbocycles. The van der Waals surface area contributed by atoms with Gasteiger partial charge in [0.05, 0.1) is 6.54 Å². The SMILES string of the molecule is O=C1NC(c2cccc(O)c2)C(=O)N1Cc1ccc(Br)cc1. The van der Waals surface area contributed by atoms with Gasteiger partial charge in [-0.3, -0.25) is 9.69 Å². The molecule has 0 radical (unpaired) electrons. The van der Waals surface area contributed by atoms with Gasteiger partial charge in [0.2, 0.25) is 0 Å². The second kappa shape index (κ2) is 5.81. The molecule has 0 spiro atoms. The lowest BCUT2D eigenvalue weighted by molar-refractivity contribution is -0.128. The largest absolute Gasteiger partial charge is 0.508 e. The van der Waals surface area contributed by atoms with Gasteiger partial charge in [-0.25, -0.2) is 4.79 Å². The molecule has 5 nitrogen and oxygen atoms in total. The molecule has 1 unspecified atom stereocenters. The first kappa shape index (κ1) is 14.6. The standard InChI is InChI=1S/C16H13BrN2O3/c17-12-6-4-10(5-7-12)9-19-15(21)14(18-16(19)22)11-2-1-3-13(20)8-11/h1-8,14,20H,9H2,(H,18,22). The minimum Gasteiger partial charge on any atom is -0.508 e. The first-order chi connectivity index (χ1) is 10.5. The molecule has 0 saturated carbocycles. The Balaban J connectivity index is 1.81. The number of aromatic hydroxyl groups is 1. The molecule has 0 aromatic heterocycles. The van der Waals surface area contributed by atoms with Crippen LogP contribution in [0.15, 0.2) is 53.0 Å². The lowest BCUT2D eigenvalue weighted by Crippen LogP contribution is -2.30. The van der Waals surface area contributed by atoms with Crippen molar-refractivity contribution in [2.24, 2.45) is 0 Å². The van der Waals surface area contributed by atoms with E-state index in [1.165, 1.54) is 17.0 Å². The monoisotopic (exact) mass is 360 g/mol. The highest BCUT2D eigenvalue weighted by molar-refractivity contribution is 9.10. The summed E-state index contributed by atoms with van der Waals surface area (Å²) in [6.45, 7) is 0.216. The van der Waals surface area contributed by atoms with Crippen LogP contribution in [-0.2, 0) is 11.3 Å². The maximum Gasteiger partial charge on any atom is 0.325 e. The topological polar surface area (TPSA) is 69.6 Å². The maximum atomic E-state index is 12.5. The van der Waals surface area contributed by atoms with E-state index >= 15 is 0 Å². The summed E-state index contributed by atoms with van der Waals surface area (Å²) in [5.41, 5.74) is 1.43. The summed E-state index contributed by atoms with van der Waals surface area (Å²) in [6.07, 6.45) is 0. The van der Waals surface area contributed by atoms with Crippen LogP contribution >= 0.6 is 15.9 Å². The maximum absolute atomic E-state index is 12.5. The molecule has 2 aromatic carbocycles. The number of phenolic OH excluding ortho intramolecular Hbond substituents is 1. The van der Waals surface area contributed by atoms with Crippen LogP contribution < -0.4 is 5.32 Å². The smallest absolute Gasteiger partial charge is 0.325 e. The second-order valence-electron chi connectivity index (χ2n) is 5.03. The number of hydrogen-bond acceptors (Lipinski definition) is 3. The summed E-state index contributed by atoms with van der Waals surface area (Å²) in [6, 6.07) is 12.6. The number of halogens is 1. The Kier molecular flexibility index (Phi) is 3.85. The number of nitrogens with one attached hydrogen (secondary N) is 1. The molecule has 1 aliphatic heterocycles. The Morgan fingerprint density at radius 3 is 2.55 bits per heavy atom. The first-order valence-corrected chi connectivity index (χ1v) is 7.49. The van der Waals surface area contributed by atoms with Gasteiger partial charge in [0.15, 0.2) is 0 Å². The van der Waals surface area contributed by atoms with Crippen LogP contribution in [-0.4, -0.2) is 21.9 Å². The summed E-state index contributed by atoms with van der Waals surface area (Å²) < 4.78 is 0.936. The van der Waals surface area contributed by atoms with E-state index in [-0.39, 0.29) is 18.2 Å². The molecule has 0 bridgehead atoms. The van der Waals surface area contributed by atoms with E-state index in [4.69, 9.17) is 0 Å². The predicted molar refractivity (Wildman–Crippen MR) is 84.1 cm³/mol. The number of phenols is 1. The van der Waals surface area contributed by atoms with Crippen molar-refractivity contribution >= 4 is 27.9 Å². The van der Waals surface area contributed by atoms with Crippen LogP contribution in [0.5, 0.6) is 5.75 Å². The molecule has 3 amide bonds. The highest BCUT2D eigenvalue weighted by atomic mass is 79.9. The number of urea groups is 1. The number of rotatable bonds is 3. The van der Waals surface area contributed by atoms with Gasteiger partial charge in [-0.2, -0.15) is 0 Å². The number of nitrogens with zero attached hydrogens (tertiary/aromatic N) is 1. The Bertz CT molecular complexity index is 730. The molecule has 1 saturated heterocycles. The molecule has 2 aromatic rings. The van der Waals surface area contributed by atoms with E-state index < -0.39 is 12.1 Å². The third-order valence-corrected chi connectivity index (χ3v) is 4.01. The number of imide groups is 1. The van der Waals surface area contributed by atoms with Crippen molar-refractivity contribution < 1.29 is 14.7 Å². The Morgan fingerprint density at radius 1 is 1.14 bits per heavy atom. The van der Waals surface area contributed by atoms with Crippen molar-refractivity contribution in [2.75, 3.05) is 0 Å². The second-order valence-corrected chi connectivity index (χ2v) is 5.94. The van der Waals surface area contributed by atoms with Crippen molar-refractivity contribution in [3.8, 4) is 5.75 Å². The van der Waals surface area contributed by atoms with Crippen molar-refractivity contribution in [1.29, 1.82) is 0 Å². The van der Waals surface area contributed by atoms with Crippen LogP contribution in [0.1, 0.15) is 17.2 Å². The summed E-state index contributed by atoms with van der Waals surface area (Å²) in [7, 11) is 0. The molecule has 6 heteroatoms. The molecular weight excluding hydrogens is 348 g/mol. The summed E-state index contributed by atoms with van der Waals surface area (Å²) in [5, 5.41) is 12.2. The molecule has 1 atom stereocenters. The fraction of sp³-hybridized carbons (Fsp3) is 0.125. The van der Waals surface area contributed by atoms with Gasteiger partial charge in [-0.05, 0) is 35.4 Å². The van der Waals surface area contributed by atoms with Crippen LogP contribution in [0.4, 0.5) is 4.79 Å². The van der Waals surface area contributed by atoms with E-state index in [1.54, 1.807) is 12.1 Å². The van der Waals surface area contributed by atoms with E-state index in [9.17, 15) is 14.7 Å². The minimum atomic E-state index is -0.755. The Morgan fingerprint density at radius 2 is 1.86 bits per heavy atom. The number of benzene rings is 2. The quantitative estimate of drug-likeness (QED) is 0.826. The summed E-state index contributed by atoms with van der Waals surface area (Å²) in [4.78, 5) is 25.7. The van der Waals surface area contributed by atoms with Crippen LogP contribution in [0, 0.1) is 0 Å². The molecular formula is C16H13BrN2O3. The zero-order valence-electron chi connectivity index (χ0n) is 11.5. The van der Waals surface area contributed by atoms with Crippen LogP contribution in [0.2, 0.25) is 0 Å². The molecule has 2 N–H and O–H groups in total. The van der Waals surface area contributed by atoms with Crippen molar-refractivity contribution in [1.82, 2.24) is 10.2 Å². The fourth-order valence-corrected chi connectivity index (χ4v) is 2.64. The van der Waals surface area contributed by atoms with Crippen LogP contribution in [0.3, 0.4) is 0 Å². The number of carbonyl (C=O) groups excluding carboxylic acids is 2. The predicted octanol–water partition coefficient (Wildman–Crippen LogP) is 2.95. The lowest BCUT2D eigenvalue weighted by atomic mass is 10.1. The van der Waals surface area contributed by atoms with Crippen molar-refractivity contribution in [3.63, 3.8) is 0 Å². The summed E-state index contributed by atoms with van der Waals surface area (Å²) in [5.74, 6) is -0.260. The van der Waals surface area contributed by atoms with Crippen molar-refractivity contribution in [2.45, 2.75) is 12.6 Å². The van der Waals surface area contributed by atoms with E-state index in [1.807, 2.05) is 24.3 Å². The fourth-order valence-electron chi connectivity index (χ4n) is 2.37. The van der Waals surface area contributed by atoms with Gasteiger partial charge < -0.3 is 10.4 Å². The number of amides is 3. The van der Waals surface area contributed by atoms with E-state index in [0.29, 0.717) is 5.56 Å². The molecule has 1 fully saturated rings. The van der Waals surface area contributed by atoms with Crippen molar-refractivity contribution in [3.05, 3.63) is 64.1 Å². The highest BCUT2D eigenvalue weighted by Gasteiger charge is 2.38. The molecule has 3 rings (SSSR count). The van der Waals surface area contributed by atoms with Crippen LogP contribution in [0.25, 0.3) is 0 Å². The minimum absolute atomic E-state index is 0.0610. The van der Waals surface area contributed by atoms with Gasteiger partial charge >= 0.3 is 6.03 Å². The average Bonchev–Trinajstić information content (AvgIpc) is 2.77. The third kappa shape index (κ3) is 2.82. The Hall–Kier alpha value is -2.34. The van der Waals surface area contributed by atoms with E-state index in [2.05, 4.69) is 21.2 Å². The lowest BCUT2D eigenvalue weighted by Gasteiger charge is -2.13. The first-order valence-electron chi connectivity index (χ1n) is 6.70. The van der Waals surface area contributed by atoms with Gasteiger partial charge in [0, 0.05) is 4.47 Å². The molecule has 112 valence electrons. The highest BCUT2D eigenvalue weighted by Crippen LogP contribution is 2.25. The zero-order chi connectivity index (χ0) is 15.7. The van der Waals surface area contributed by atoms with Gasteiger partial charge in [-0.1, -0.05) is 40.2 Å². The third-order valence-electron chi connectivity index (χ3n) is 3.48. The normalized spacial score (nSPS) is 17.7. The number of hydrogen-bond donors (Lipinski definition) is 2. The van der Waals surface area contributed by atoms with Gasteiger partial charge in [-0.15, -0.1) is 0 Å². The molecule has 1 aliphatic rings.